The van der Waals surface area contributed by atoms with E-state index in [0.29, 0.717) is 31.7 Å². The SMILES string of the molecule is COCCN(C[C@@H]1CCCN2CCCC[C@H]12)C(=O)Cn1ccc2cc(Br)ccc21. The van der Waals surface area contributed by atoms with E-state index in [0.717, 1.165) is 21.9 Å². The molecule has 0 saturated carbocycles. The Hall–Kier alpha value is -1.37. The average Bonchev–Trinajstić information content (AvgIpc) is 3.12. The number of halogens is 1. The molecular weight excluding hydrogens is 430 g/mol. The van der Waals surface area contributed by atoms with Crippen LogP contribution in [-0.4, -0.2) is 66.2 Å². The van der Waals surface area contributed by atoms with E-state index in [2.05, 4.69) is 48.5 Å². The Bertz CT molecular complexity index is 835. The fraction of sp³-hybridized carbons (Fsp3) is 0.609. The van der Waals surface area contributed by atoms with Crippen LogP contribution in [-0.2, 0) is 16.1 Å². The first-order valence-corrected chi connectivity index (χ1v) is 11.7. The van der Waals surface area contributed by atoms with Crippen molar-refractivity contribution in [3.05, 3.63) is 34.9 Å². The van der Waals surface area contributed by atoms with Crippen molar-refractivity contribution in [1.29, 1.82) is 0 Å². The van der Waals surface area contributed by atoms with Crippen molar-refractivity contribution in [3.63, 3.8) is 0 Å². The summed E-state index contributed by atoms with van der Waals surface area (Å²) in [5.74, 6) is 0.776. The van der Waals surface area contributed by atoms with Gasteiger partial charge in [0.1, 0.15) is 6.54 Å². The van der Waals surface area contributed by atoms with Crippen molar-refractivity contribution in [1.82, 2.24) is 14.4 Å². The van der Waals surface area contributed by atoms with Gasteiger partial charge in [-0.15, -0.1) is 0 Å². The van der Waals surface area contributed by atoms with Gasteiger partial charge in [0.2, 0.25) is 5.91 Å². The molecule has 1 amide bonds. The third-order valence-corrected chi connectivity index (χ3v) is 7.13. The van der Waals surface area contributed by atoms with Crippen molar-refractivity contribution in [2.24, 2.45) is 5.92 Å². The molecule has 0 aliphatic carbocycles. The van der Waals surface area contributed by atoms with Gasteiger partial charge in [-0.05, 0) is 69.0 Å². The van der Waals surface area contributed by atoms with Crippen LogP contribution in [0.3, 0.4) is 0 Å². The zero-order chi connectivity index (χ0) is 20.2. The number of rotatable bonds is 7. The zero-order valence-corrected chi connectivity index (χ0v) is 18.9. The van der Waals surface area contributed by atoms with Crippen molar-refractivity contribution in [2.45, 2.75) is 44.7 Å². The van der Waals surface area contributed by atoms with Crippen LogP contribution in [0.4, 0.5) is 0 Å². The molecule has 5 nitrogen and oxygen atoms in total. The Morgan fingerprint density at radius 1 is 1.21 bits per heavy atom. The highest BCUT2D eigenvalue weighted by atomic mass is 79.9. The first-order valence-electron chi connectivity index (χ1n) is 10.9. The number of nitrogens with zero attached hydrogens (tertiary/aromatic N) is 3. The Balaban J connectivity index is 1.47. The van der Waals surface area contributed by atoms with E-state index in [4.69, 9.17) is 4.74 Å². The van der Waals surface area contributed by atoms with Gasteiger partial charge >= 0.3 is 0 Å². The summed E-state index contributed by atoms with van der Waals surface area (Å²) in [4.78, 5) is 18.0. The molecule has 1 aromatic carbocycles. The number of fused-ring (bicyclic) bond motifs is 2. The van der Waals surface area contributed by atoms with Crippen LogP contribution in [0.15, 0.2) is 34.9 Å². The van der Waals surface area contributed by atoms with Gasteiger partial charge in [0.05, 0.1) is 6.61 Å². The molecule has 2 atom stereocenters. The molecule has 158 valence electrons. The number of carbonyl (C=O) groups is 1. The van der Waals surface area contributed by atoms with Gasteiger partial charge in [0.25, 0.3) is 0 Å². The summed E-state index contributed by atoms with van der Waals surface area (Å²) in [7, 11) is 1.71. The molecule has 2 aliphatic heterocycles. The largest absolute Gasteiger partial charge is 0.383 e. The van der Waals surface area contributed by atoms with Crippen LogP contribution < -0.4 is 0 Å². The lowest BCUT2D eigenvalue weighted by Gasteiger charge is -2.45. The van der Waals surface area contributed by atoms with E-state index >= 15 is 0 Å². The second-order valence-corrected chi connectivity index (χ2v) is 9.40. The quantitative estimate of drug-likeness (QED) is 0.621. The van der Waals surface area contributed by atoms with Crippen molar-refractivity contribution in [3.8, 4) is 0 Å². The van der Waals surface area contributed by atoms with Crippen molar-refractivity contribution < 1.29 is 9.53 Å². The zero-order valence-electron chi connectivity index (χ0n) is 17.4. The maximum absolute atomic E-state index is 13.3. The molecule has 29 heavy (non-hydrogen) atoms. The molecule has 1 aromatic heterocycles. The lowest BCUT2D eigenvalue weighted by atomic mass is 9.83. The van der Waals surface area contributed by atoms with Crippen molar-refractivity contribution in [2.75, 3.05) is 39.9 Å². The molecular formula is C23H32BrN3O2. The number of hydrogen-bond acceptors (Lipinski definition) is 3. The van der Waals surface area contributed by atoms with E-state index in [1.165, 1.54) is 45.2 Å². The normalized spacial score (nSPS) is 22.6. The number of carbonyl (C=O) groups excluding carboxylic acids is 1. The second-order valence-electron chi connectivity index (χ2n) is 8.48. The first kappa shape index (κ1) is 20.9. The fourth-order valence-corrected chi connectivity index (χ4v) is 5.53. The van der Waals surface area contributed by atoms with E-state index in [1.54, 1.807) is 7.11 Å². The Kier molecular flexibility index (Phi) is 6.93. The molecule has 2 aliphatic rings. The van der Waals surface area contributed by atoms with Gasteiger partial charge in [0, 0.05) is 47.8 Å². The molecule has 4 rings (SSSR count). The van der Waals surface area contributed by atoms with Gasteiger partial charge in [-0.25, -0.2) is 0 Å². The fourth-order valence-electron chi connectivity index (χ4n) is 5.15. The maximum atomic E-state index is 13.3. The van der Waals surface area contributed by atoms with Crippen LogP contribution in [0.2, 0.25) is 0 Å². The monoisotopic (exact) mass is 461 g/mol. The Labute approximate surface area is 182 Å². The number of benzene rings is 1. The van der Waals surface area contributed by atoms with Crippen LogP contribution in [0.1, 0.15) is 32.1 Å². The molecule has 3 heterocycles. The van der Waals surface area contributed by atoms with Crippen LogP contribution in [0, 0.1) is 5.92 Å². The molecule has 2 saturated heterocycles. The molecule has 0 unspecified atom stereocenters. The lowest BCUT2D eigenvalue weighted by Crippen LogP contribution is -2.52. The van der Waals surface area contributed by atoms with Gasteiger partial charge in [-0.3, -0.25) is 4.79 Å². The number of methoxy groups -OCH3 is 1. The molecule has 0 N–H and O–H groups in total. The smallest absolute Gasteiger partial charge is 0.242 e. The number of hydrogen-bond donors (Lipinski definition) is 0. The number of amides is 1. The minimum absolute atomic E-state index is 0.190. The van der Waals surface area contributed by atoms with Gasteiger partial charge < -0.3 is 19.1 Å². The Morgan fingerprint density at radius 3 is 2.93 bits per heavy atom. The maximum Gasteiger partial charge on any atom is 0.242 e. The average molecular weight is 462 g/mol. The second kappa shape index (κ2) is 9.63. The Morgan fingerprint density at radius 2 is 2.07 bits per heavy atom. The summed E-state index contributed by atoms with van der Waals surface area (Å²) in [6.45, 7) is 4.97. The highest BCUT2D eigenvalue weighted by Gasteiger charge is 2.34. The van der Waals surface area contributed by atoms with E-state index in [9.17, 15) is 4.79 Å². The number of ether oxygens (including phenoxy) is 1. The molecule has 0 spiro atoms. The summed E-state index contributed by atoms with van der Waals surface area (Å²) in [5.41, 5.74) is 1.10. The third-order valence-electron chi connectivity index (χ3n) is 6.64. The summed E-state index contributed by atoms with van der Waals surface area (Å²) in [5, 5.41) is 1.15. The minimum Gasteiger partial charge on any atom is -0.383 e. The molecule has 2 fully saturated rings. The topological polar surface area (TPSA) is 37.7 Å². The predicted molar refractivity (Wildman–Crippen MR) is 120 cm³/mol. The summed E-state index contributed by atoms with van der Waals surface area (Å²) < 4.78 is 8.45. The number of aromatic nitrogens is 1. The first-order chi connectivity index (χ1) is 14.2. The third kappa shape index (κ3) is 4.86. The van der Waals surface area contributed by atoms with Crippen molar-refractivity contribution >= 4 is 32.7 Å². The molecule has 2 aromatic rings. The van der Waals surface area contributed by atoms with Crippen LogP contribution in [0.5, 0.6) is 0 Å². The van der Waals surface area contributed by atoms with Gasteiger partial charge in [0.15, 0.2) is 0 Å². The summed E-state index contributed by atoms with van der Waals surface area (Å²) in [6.07, 6.45) is 8.45. The lowest BCUT2D eigenvalue weighted by molar-refractivity contribution is -0.133. The van der Waals surface area contributed by atoms with Crippen LogP contribution in [0.25, 0.3) is 10.9 Å². The van der Waals surface area contributed by atoms with E-state index in [-0.39, 0.29) is 5.91 Å². The van der Waals surface area contributed by atoms with Crippen LogP contribution >= 0.6 is 15.9 Å². The standard InChI is InChI=1S/C23H32BrN3O2/c1-29-14-13-27(16-19-5-4-11-25-10-3-2-6-21(19)25)23(28)17-26-12-9-18-15-20(24)7-8-22(18)26/h7-9,12,15,19,21H,2-6,10-11,13-14,16-17H2,1H3/t19-,21+/m0/s1. The molecule has 0 radical (unpaired) electrons. The predicted octanol–water partition coefficient (Wildman–Crippen LogP) is 4.14. The van der Waals surface area contributed by atoms with Gasteiger partial charge in [-0.1, -0.05) is 22.4 Å². The molecule has 0 bridgehead atoms. The minimum atomic E-state index is 0.190. The van der Waals surface area contributed by atoms with Gasteiger partial charge in [-0.2, -0.15) is 0 Å². The highest BCUT2D eigenvalue weighted by molar-refractivity contribution is 9.10. The van der Waals surface area contributed by atoms with E-state index < -0.39 is 0 Å². The molecule has 6 heteroatoms. The highest BCUT2D eigenvalue weighted by Crippen LogP contribution is 2.31. The summed E-state index contributed by atoms with van der Waals surface area (Å²) in [6, 6.07) is 8.94. The summed E-state index contributed by atoms with van der Waals surface area (Å²) >= 11 is 3.53. The number of piperidine rings is 2. The van der Waals surface area contributed by atoms with E-state index in [1.807, 2.05) is 12.3 Å².